The van der Waals surface area contributed by atoms with Gasteiger partial charge in [-0.3, -0.25) is 0 Å². The lowest BCUT2D eigenvalue weighted by Gasteiger charge is -2.17. The molecule has 0 radical (unpaired) electrons. The minimum absolute atomic E-state index is 0.0558. The zero-order chi connectivity index (χ0) is 13.2. The predicted molar refractivity (Wildman–Crippen MR) is 73.8 cm³/mol. The SMILES string of the molecule is O=C(O)c1cc(N2CCCC2)nc(-c2cccs2)n1. The Morgan fingerprint density at radius 3 is 2.74 bits per heavy atom. The summed E-state index contributed by atoms with van der Waals surface area (Å²) in [6.07, 6.45) is 2.25. The molecule has 5 nitrogen and oxygen atoms in total. The summed E-state index contributed by atoms with van der Waals surface area (Å²) < 4.78 is 0. The molecule has 0 bridgehead atoms. The van der Waals surface area contributed by atoms with Crippen LogP contribution in [-0.2, 0) is 0 Å². The standard InChI is InChI=1S/C13H13N3O2S/c17-13(18)9-8-11(16-5-1-2-6-16)15-12(14-9)10-4-3-7-19-10/h3-4,7-8H,1-2,5-6H2,(H,17,18). The number of hydrogen-bond donors (Lipinski definition) is 1. The Hall–Kier alpha value is -1.95. The van der Waals surface area contributed by atoms with Crippen LogP contribution in [-0.4, -0.2) is 34.1 Å². The number of aromatic nitrogens is 2. The lowest BCUT2D eigenvalue weighted by molar-refractivity contribution is 0.0690. The third-order valence-corrected chi connectivity index (χ3v) is 3.97. The lowest BCUT2D eigenvalue weighted by atomic mass is 10.3. The van der Waals surface area contributed by atoms with Crippen molar-refractivity contribution in [2.45, 2.75) is 12.8 Å². The molecule has 6 heteroatoms. The van der Waals surface area contributed by atoms with Crippen LogP contribution in [0.1, 0.15) is 23.3 Å². The van der Waals surface area contributed by atoms with Gasteiger partial charge in [-0.2, -0.15) is 0 Å². The van der Waals surface area contributed by atoms with Gasteiger partial charge in [-0.25, -0.2) is 14.8 Å². The van der Waals surface area contributed by atoms with E-state index < -0.39 is 5.97 Å². The van der Waals surface area contributed by atoms with E-state index in [0.717, 1.165) is 30.8 Å². The molecule has 1 aliphatic heterocycles. The smallest absolute Gasteiger partial charge is 0.354 e. The van der Waals surface area contributed by atoms with E-state index in [2.05, 4.69) is 14.9 Å². The molecule has 1 saturated heterocycles. The van der Waals surface area contributed by atoms with Crippen LogP contribution in [0.15, 0.2) is 23.6 Å². The van der Waals surface area contributed by atoms with Crippen molar-refractivity contribution in [2.24, 2.45) is 0 Å². The quantitative estimate of drug-likeness (QED) is 0.932. The second kappa shape index (κ2) is 4.97. The fourth-order valence-corrected chi connectivity index (χ4v) is 2.83. The van der Waals surface area contributed by atoms with Gasteiger partial charge in [0.05, 0.1) is 4.88 Å². The fourth-order valence-electron chi connectivity index (χ4n) is 2.17. The van der Waals surface area contributed by atoms with Gasteiger partial charge in [0, 0.05) is 19.2 Å². The summed E-state index contributed by atoms with van der Waals surface area (Å²) in [7, 11) is 0. The summed E-state index contributed by atoms with van der Waals surface area (Å²) in [6.45, 7) is 1.86. The molecule has 1 fully saturated rings. The molecule has 3 rings (SSSR count). The van der Waals surface area contributed by atoms with Crippen LogP contribution >= 0.6 is 11.3 Å². The van der Waals surface area contributed by atoms with Gasteiger partial charge in [0.25, 0.3) is 0 Å². The maximum Gasteiger partial charge on any atom is 0.354 e. The van der Waals surface area contributed by atoms with Gasteiger partial charge in [-0.1, -0.05) is 6.07 Å². The predicted octanol–water partition coefficient (Wildman–Crippen LogP) is 2.50. The van der Waals surface area contributed by atoms with Crippen LogP contribution in [0.5, 0.6) is 0 Å². The molecular formula is C13H13N3O2S. The zero-order valence-corrected chi connectivity index (χ0v) is 11.1. The molecule has 98 valence electrons. The van der Waals surface area contributed by atoms with Gasteiger partial charge < -0.3 is 10.0 Å². The van der Waals surface area contributed by atoms with Crippen LogP contribution in [0.2, 0.25) is 0 Å². The van der Waals surface area contributed by atoms with Crippen LogP contribution < -0.4 is 4.90 Å². The molecule has 0 unspecified atom stereocenters. The van der Waals surface area contributed by atoms with E-state index in [9.17, 15) is 4.79 Å². The highest BCUT2D eigenvalue weighted by molar-refractivity contribution is 7.13. The Kier molecular flexibility index (Phi) is 3.16. The average Bonchev–Trinajstić information content (AvgIpc) is 3.11. The monoisotopic (exact) mass is 275 g/mol. The Morgan fingerprint density at radius 1 is 1.32 bits per heavy atom. The highest BCUT2D eigenvalue weighted by Gasteiger charge is 2.18. The van der Waals surface area contributed by atoms with E-state index in [-0.39, 0.29) is 5.69 Å². The number of rotatable bonds is 3. The van der Waals surface area contributed by atoms with Gasteiger partial charge >= 0.3 is 5.97 Å². The summed E-state index contributed by atoms with van der Waals surface area (Å²) in [5.41, 5.74) is 0.0558. The summed E-state index contributed by atoms with van der Waals surface area (Å²) in [5.74, 6) is 0.200. The lowest BCUT2D eigenvalue weighted by Crippen LogP contribution is -2.20. The molecular weight excluding hydrogens is 262 g/mol. The molecule has 0 aromatic carbocycles. The van der Waals surface area contributed by atoms with Gasteiger partial charge in [-0.15, -0.1) is 11.3 Å². The van der Waals surface area contributed by atoms with Crippen molar-refractivity contribution in [3.8, 4) is 10.7 Å². The van der Waals surface area contributed by atoms with E-state index in [1.54, 1.807) is 6.07 Å². The number of anilines is 1. The van der Waals surface area contributed by atoms with Crippen molar-refractivity contribution in [3.05, 3.63) is 29.3 Å². The molecule has 0 spiro atoms. The number of carbonyl (C=O) groups is 1. The highest BCUT2D eigenvalue weighted by atomic mass is 32.1. The van der Waals surface area contributed by atoms with Crippen molar-refractivity contribution >= 4 is 23.1 Å². The topological polar surface area (TPSA) is 66.3 Å². The van der Waals surface area contributed by atoms with Crippen LogP contribution in [0, 0.1) is 0 Å². The number of nitrogens with zero attached hydrogens (tertiary/aromatic N) is 3. The summed E-state index contributed by atoms with van der Waals surface area (Å²) in [6, 6.07) is 5.37. The van der Waals surface area contributed by atoms with Crippen molar-refractivity contribution in [1.82, 2.24) is 9.97 Å². The molecule has 1 N–H and O–H groups in total. The minimum atomic E-state index is -1.01. The molecule has 3 heterocycles. The first-order valence-electron chi connectivity index (χ1n) is 6.15. The van der Waals surface area contributed by atoms with E-state index in [1.807, 2.05) is 17.5 Å². The third kappa shape index (κ3) is 2.44. The fraction of sp³-hybridized carbons (Fsp3) is 0.308. The minimum Gasteiger partial charge on any atom is -0.477 e. The van der Waals surface area contributed by atoms with E-state index in [0.29, 0.717) is 11.6 Å². The first-order chi connectivity index (χ1) is 9.24. The first kappa shape index (κ1) is 12.1. The normalized spacial score (nSPS) is 14.8. The second-order valence-electron chi connectivity index (χ2n) is 4.41. The van der Waals surface area contributed by atoms with Gasteiger partial charge in [0.1, 0.15) is 5.82 Å². The number of thiophene rings is 1. The third-order valence-electron chi connectivity index (χ3n) is 3.10. The molecule has 19 heavy (non-hydrogen) atoms. The largest absolute Gasteiger partial charge is 0.477 e. The van der Waals surface area contributed by atoms with Crippen LogP contribution in [0.25, 0.3) is 10.7 Å². The maximum atomic E-state index is 11.2. The number of hydrogen-bond acceptors (Lipinski definition) is 5. The number of carboxylic acids is 1. The second-order valence-corrected chi connectivity index (χ2v) is 5.36. The Bertz CT molecular complexity index is 592. The van der Waals surface area contributed by atoms with Crippen molar-refractivity contribution in [1.29, 1.82) is 0 Å². The molecule has 2 aromatic heterocycles. The number of carboxylic acid groups (broad SMARTS) is 1. The molecule has 0 saturated carbocycles. The van der Waals surface area contributed by atoms with Crippen LogP contribution in [0.4, 0.5) is 5.82 Å². The average molecular weight is 275 g/mol. The molecule has 0 aliphatic carbocycles. The molecule has 0 amide bonds. The zero-order valence-electron chi connectivity index (χ0n) is 10.2. The Labute approximate surface area is 114 Å². The Balaban J connectivity index is 2.06. The molecule has 2 aromatic rings. The highest BCUT2D eigenvalue weighted by Crippen LogP contribution is 2.25. The summed E-state index contributed by atoms with van der Waals surface area (Å²) >= 11 is 1.51. The van der Waals surface area contributed by atoms with Crippen molar-refractivity contribution in [2.75, 3.05) is 18.0 Å². The summed E-state index contributed by atoms with van der Waals surface area (Å²) in [4.78, 5) is 22.8. The van der Waals surface area contributed by atoms with Crippen molar-refractivity contribution in [3.63, 3.8) is 0 Å². The van der Waals surface area contributed by atoms with Crippen molar-refractivity contribution < 1.29 is 9.90 Å². The maximum absolute atomic E-state index is 11.2. The summed E-state index contributed by atoms with van der Waals surface area (Å²) in [5, 5.41) is 11.1. The first-order valence-corrected chi connectivity index (χ1v) is 7.03. The van der Waals surface area contributed by atoms with Gasteiger partial charge in [0.15, 0.2) is 11.5 Å². The van der Waals surface area contributed by atoms with E-state index >= 15 is 0 Å². The Morgan fingerprint density at radius 2 is 2.11 bits per heavy atom. The van der Waals surface area contributed by atoms with E-state index in [1.165, 1.54) is 11.3 Å². The number of aromatic carboxylic acids is 1. The van der Waals surface area contributed by atoms with E-state index in [4.69, 9.17) is 5.11 Å². The molecule has 1 aliphatic rings. The van der Waals surface area contributed by atoms with Gasteiger partial charge in [0.2, 0.25) is 0 Å². The van der Waals surface area contributed by atoms with Crippen LogP contribution in [0.3, 0.4) is 0 Å². The van der Waals surface area contributed by atoms with Gasteiger partial charge in [-0.05, 0) is 24.3 Å². The molecule has 0 atom stereocenters.